The second kappa shape index (κ2) is 12.0. The van der Waals surface area contributed by atoms with Crippen LogP contribution >= 0.6 is 23.5 Å². The fourth-order valence-electron chi connectivity index (χ4n) is 3.43. The Morgan fingerprint density at radius 3 is 2.82 bits per heavy atom. The molecule has 0 amide bonds. The van der Waals surface area contributed by atoms with Gasteiger partial charge in [0.05, 0.1) is 34.8 Å². The van der Waals surface area contributed by atoms with Crippen LogP contribution in [0, 0.1) is 18.2 Å². The van der Waals surface area contributed by atoms with E-state index < -0.39 is 5.82 Å². The Balaban J connectivity index is 1.76. The number of hydrazine groups is 1. The summed E-state index contributed by atoms with van der Waals surface area (Å²) in [7, 11) is 0. The number of halogens is 2. The fourth-order valence-corrected chi connectivity index (χ4v) is 4.41. The van der Waals surface area contributed by atoms with E-state index in [9.17, 15) is 4.39 Å². The highest BCUT2D eigenvalue weighted by molar-refractivity contribution is 8.00. The Hall–Kier alpha value is -2.64. The van der Waals surface area contributed by atoms with Crippen molar-refractivity contribution >= 4 is 46.3 Å². The van der Waals surface area contributed by atoms with Crippen molar-refractivity contribution in [2.24, 2.45) is 11.6 Å². The first-order valence-electron chi connectivity index (χ1n) is 10.7. The molecule has 10 heteroatoms. The molecule has 0 spiro atoms. The Bertz CT molecular complexity index is 1020. The molecule has 1 aromatic carbocycles. The number of nitrogens with zero attached hydrogens (tertiary/aromatic N) is 4. The number of pyridine rings is 1. The lowest BCUT2D eigenvalue weighted by atomic mass is 10.2. The van der Waals surface area contributed by atoms with E-state index in [2.05, 4.69) is 32.4 Å². The van der Waals surface area contributed by atoms with Crippen LogP contribution in [-0.2, 0) is 0 Å². The third-order valence-corrected chi connectivity index (χ3v) is 6.56. The van der Waals surface area contributed by atoms with Gasteiger partial charge in [0.1, 0.15) is 11.5 Å². The van der Waals surface area contributed by atoms with Crippen molar-refractivity contribution in [1.29, 1.82) is 0 Å². The molecule has 2 aromatic rings. The van der Waals surface area contributed by atoms with E-state index in [0.29, 0.717) is 23.5 Å². The number of benzene rings is 1. The Morgan fingerprint density at radius 2 is 2.12 bits per heavy atom. The van der Waals surface area contributed by atoms with Crippen molar-refractivity contribution in [2.75, 3.05) is 53.1 Å². The molecule has 1 aliphatic rings. The third-order valence-electron chi connectivity index (χ3n) is 5.20. The van der Waals surface area contributed by atoms with Gasteiger partial charge in [-0.2, -0.15) is 0 Å². The number of hydrogen-bond acceptors (Lipinski definition) is 8. The minimum absolute atomic E-state index is 0.0375. The second-order valence-electron chi connectivity index (χ2n) is 7.60. The van der Waals surface area contributed by atoms with Crippen molar-refractivity contribution in [1.82, 2.24) is 9.88 Å². The highest BCUT2D eigenvalue weighted by Crippen LogP contribution is 2.36. The van der Waals surface area contributed by atoms with Crippen LogP contribution in [0.15, 0.2) is 36.8 Å². The SMILES string of the molecule is C#CCN1CCN(c2cncc(/C(N)=C/N(N)c3c(F)ccc(NSCCC)c3Cl)c2)CC1. The summed E-state index contributed by atoms with van der Waals surface area (Å²) in [6, 6.07) is 4.85. The summed E-state index contributed by atoms with van der Waals surface area (Å²) in [6.07, 6.45) is 11.3. The number of terminal acetylenes is 1. The lowest BCUT2D eigenvalue weighted by Crippen LogP contribution is -2.46. The van der Waals surface area contributed by atoms with Crippen molar-refractivity contribution < 1.29 is 4.39 Å². The minimum Gasteiger partial charge on any atom is -0.397 e. The first-order valence-corrected chi connectivity index (χ1v) is 12.0. The molecule has 5 N–H and O–H groups in total. The largest absolute Gasteiger partial charge is 0.397 e. The molecule has 0 saturated carbocycles. The lowest BCUT2D eigenvalue weighted by molar-refractivity contribution is 0.288. The summed E-state index contributed by atoms with van der Waals surface area (Å²) in [5, 5.41) is 1.29. The van der Waals surface area contributed by atoms with E-state index in [1.165, 1.54) is 24.2 Å². The van der Waals surface area contributed by atoms with E-state index in [1.54, 1.807) is 18.5 Å². The molecule has 7 nitrogen and oxygen atoms in total. The topological polar surface area (TPSA) is 86.7 Å². The summed E-state index contributed by atoms with van der Waals surface area (Å²) in [6.45, 7) is 6.18. The quantitative estimate of drug-likeness (QED) is 0.161. The Kier molecular flexibility index (Phi) is 9.09. The van der Waals surface area contributed by atoms with Crippen LogP contribution in [0.4, 0.5) is 21.5 Å². The third kappa shape index (κ3) is 6.45. The van der Waals surface area contributed by atoms with Crippen LogP contribution in [0.25, 0.3) is 5.70 Å². The zero-order chi connectivity index (χ0) is 23.8. The average molecular weight is 490 g/mol. The molecule has 3 rings (SSSR count). The maximum absolute atomic E-state index is 14.6. The van der Waals surface area contributed by atoms with Crippen LogP contribution in [-0.4, -0.2) is 48.4 Å². The van der Waals surface area contributed by atoms with Gasteiger partial charge in [-0.05, 0) is 24.6 Å². The molecule has 33 heavy (non-hydrogen) atoms. The second-order valence-corrected chi connectivity index (χ2v) is 8.88. The molecule has 176 valence electrons. The fraction of sp³-hybridized carbons (Fsp3) is 0.348. The summed E-state index contributed by atoms with van der Waals surface area (Å²) in [4.78, 5) is 8.79. The number of anilines is 3. The van der Waals surface area contributed by atoms with Crippen LogP contribution < -0.4 is 26.2 Å². The van der Waals surface area contributed by atoms with Gasteiger partial charge in [0, 0.05) is 49.9 Å². The smallest absolute Gasteiger partial charge is 0.149 e. The van der Waals surface area contributed by atoms with E-state index in [-0.39, 0.29) is 10.7 Å². The van der Waals surface area contributed by atoms with Crippen molar-refractivity contribution in [3.8, 4) is 12.3 Å². The van der Waals surface area contributed by atoms with Gasteiger partial charge in [0.25, 0.3) is 0 Å². The molecule has 1 aromatic heterocycles. The van der Waals surface area contributed by atoms with Gasteiger partial charge < -0.3 is 15.4 Å². The first kappa shape index (κ1) is 25.0. The van der Waals surface area contributed by atoms with Crippen LogP contribution in [0.3, 0.4) is 0 Å². The number of rotatable bonds is 9. The van der Waals surface area contributed by atoms with E-state index >= 15 is 0 Å². The summed E-state index contributed by atoms with van der Waals surface area (Å²) >= 11 is 7.93. The highest BCUT2D eigenvalue weighted by Gasteiger charge is 2.18. The van der Waals surface area contributed by atoms with Gasteiger partial charge in [0.15, 0.2) is 0 Å². The molecule has 0 bridgehead atoms. The van der Waals surface area contributed by atoms with Crippen LogP contribution in [0.5, 0.6) is 0 Å². The van der Waals surface area contributed by atoms with Gasteiger partial charge in [0.2, 0.25) is 0 Å². The normalized spacial score (nSPS) is 14.8. The van der Waals surface area contributed by atoms with Crippen LogP contribution in [0.2, 0.25) is 5.02 Å². The molecule has 1 saturated heterocycles. The summed E-state index contributed by atoms with van der Waals surface area (Å²) in [5.41, 5.74) is 8.89. The number of nitrogens with one attached hydrogen (secondary N) is 1. The first-order chi connectivity index (χ1) is 15.9. The maximum Gasteiger partial charge on any atom is 0.149 e. The molecule has 0 radical (unpaired) electrons. The molecule has 2 heterocycles. The van der Waals surface area contributed by atoms with Gasteiger partial charge in [-0.15, -0.1) is 6.42 Å². The maximum atomic E-state index is 14.6. The molecule has 1 fully saturated rings. The predicted molar refractivity (Wildman–Crippen MR) is 138 cm³/mol. The summed E-state index contributed by atoms with van der Waals surface area (Å²) < 4.78 is 17.7. The standard InChI is InChI=1S/C23H29ClFN7S/c1-3-7-30-8-10-31(11-9-30)18-13-17(14-28-15-18)20(26)16-32(27)23-19(25)5-6-21(22(23)24)29-33-12-4-2/h1,5-6,13-16,29H,4,7-12,26-27H2,2H3/b20-16-. The zero-order valence-electron chi connectivity index (χ0n) is 18.6. The average Bonchev–Trinajstić information content (AvgIpc) is 2.81. The van der Waals surface area contributed by atoms with E-state index in [0.717, 1.165) is 49.0 Å². The highest BCUT2D eigenvalue weighted by atomic mass is 35.5. The molecule has 0 aliphatic carbocycles. The molecule has 0 atom stereocenters. The number of piperazine rings is 1. The van der Waals surface area contributed by atoms with E-state index in [1.807, 2.05) is 6.07 Å². The van der Waals surface area contributed by atoms with Gasteiger partial charge in [-0.1, -0.05) is 36.4 Å². The monoisotopic (exact) mass is 489 g/mol. The lowest BCUT2D eigenvalue weighted by Gasteiger charge is -2.35. The van der Waals surface area contributed by atoms with Crippen molar-refractivity contribution in [2.45, 2.75) is 13.3 Å². The van der Waals surface area contributed by atoms with Crippen molar-refractivity contribution in [3.05, 3.63) is 53.2 Å². The van der Waals surface area contributed by atoms with Crippen molar-refractivity contribution in [3.63, 3.8) is 0 Å². The molecular formula is C23H29ClFN7S. The number of nitrogens with two attached hydrogens (primary N) is 2. The van der Waals surface area contributed by atoms with Gasteiger partial charge >= 0.3 is 0 Å². The van der Waals surface area contributed by atoms with Gasteiger partial charge in [-0.25, -0.2) is 10.2 Å². The number of hydrogen-bond donors (Lipinski definition) is 3. The Morgan fingerprint density at radius 1 is 1.36 bits per heavy atom. The number of aromatic nitrogens is 1. The van der Waals surface area contributed by atoms with Crippen LogP contribution in [0.1, 0.15) is 18.9 Å². The predicted octanol–water partition coefficient (Wildman–Crippen LogP) is 3.74. The molecule has 0 unspecified atom stereocenters. The zero-order valence-corrected chi connectivity index (χ0v) is 20.2. The van der Waals surface area contributed by atoms with E-state index in [4.69, 9.17) is 29.6 Å². The minimum atomic E-state index is -0.547. The molecule has 1 aliphatic heterocycles. The Labute approximate surface area is 204 Å². The summed E-state index contributed by atoms with van der Waals surface area (Å²) in [5.74, 6) is 9.18. The van der Waals surface area contributed by atoms with Gasteiger partial charge in [-0.3, -0.25) is 14.9 Å². The molecular weight excluding hydrogens is 461 g/mol.